The van der Waals surface area contributed by atoms with Gasteiger partial charge in [-0.1, -0.05) is 22.0 Å². The zero-order chi connectivity index (χ0) is 13.8. The lowest BCUT2D eigenvalue weighted by molar-refractivity contribution is 0.0727. The van der Waals surface area contributed by atoms with E-state index < -0.39 is 0 Å². The van der Waals surface area contributed by atoms with Gasteiger partial charge in [-0.15, -0.1) is 0 Å². The Morgan fingerprint density at radius 2 is 2.05 bits per heavy atom. The molecule has 0 N–H and O–H groups in total. The van der Waals surface area contributed by atoms with Gasteiger partial charge in [-0.25, -0.2) is 0 Å². The molecule has 0 saturated carbocycles. The maximum atomic E-state index is 12.4. The number of hydrogen-bond donors (Lipinski definition) is 0. The molecule has 3 nitrogen and oxygen atoms in total. The highest BCUT2D eigenvalue weighted by Gasteiger charge is 2.22. The number of likely N-dealkylation sites (tertiary alicyclic amines) is 1. The number of carbonyl (C=O) groups excluding carboxylic acids is 1. The molecule has 1 saturated heterocycles. The van der Waals surface area contributed by atoms with Gasteiger partial charge in [-0.3, -0.25) is 4.79 Å². The summed E-state index contributed by atoms with van der Waals surface area (Å²) in [6, 6.07) is 7.46. The third kappa shape index (κ3) is 3.96. The molecule has 0 unspecified atom stereocenters. The van der Waals surface area contributed by atoms with E-state index in [0.29, 0.717) is 10.4 Å². The van der Waals surface area contributed by atoms with Gasteiger partial charge in [0.15, 0.2) is 0 Å². The van der Waals surface area contributed by atoms with E-state index in [4.69, 9.17) is 4.74 Å². The first-order chi connectivity index (χ1) is 9.06. The summed E-state index contributed by atoms with van der Waals surface area (Å²) in [5, 5.41) is 0. The minimum atomic E-state index is 0.105. The number of rotatable bonds is 3. The average molecular weight is 326 g/mol. The lowest BCUT2D eigenvalue weighted by Crippen LogP contribution is -2.38. The van der Waals surface area contributed by atoms with E-state index in [2.05, 4.69) is 15.9 Å². The largest absolute Gasteiger partial charge is 0.491 e. The van der Waals surface area contributed by atoms with Crippen LogP contribution in [-0.2, 0) is 0 Å². The summed E-state index contributed by atoms with van der Waals surface area (Å²) >= 11 is 3.60. The molecule has 0 radical (unpaired) electrons. The lowest BCUT2D eigenvalue weighted by Gasteiger charge is -2.29. The quantitative estimate of drug-likeness (QED) is 0.796. The third-order valence-electron chi connectivity index (χ3n) is 3.16. The first-order valence-electron chi connectivity index (χ1n) is 6.76. The van der Waals surface area contributed by atoms with Gasteiger partial charge in [0, 0.05) is 23.5 Å². The van der Waals surface area contributed by atoms with Crippen LogP contribution in [-0.4, -0.2) is 34.8 Å². The van der Waals surface area contributed by atoms with E-state index in [1.54, 1.807) is 0 Å². The molecule has 19 heavy (non-hydrogen) atoms. The van der Waals surface area contributed by atoms with Gasteiger partial charge in [0.2, 0.25) is 0 Å². The Morgan fingerprint density at radius 3 is 2.68 bits per heavy atom. The van der Waals surface area contributed by atoms with Crippen molar-refractivity contribution in [1.82, 2.24) is 4.90 Å². The van der Waals surface area contributed by atoms with Crippen molar-refractivity contribution in [3.63, 3.8) is 0 Å². The maximum absolute atomic E-state index is 12.4. The topological polar surface area (TPSA) is 29.5 Å². The molecule has 104 valence electrons. The fourth-order valence-electron chi connectivity index (χ4n) is 2.21. The van der Waals surface area contributed by atoms with E-state index in [1.807, 2.05) is 43.0 Å². The number of piperidine rings is 1. The summed E-state index contributed by atoms with van der Waals surface area (Å²) < 4.78 is 5.63. The summed E-state index contributed by atoms with van der Waals surface area (Å²) in [6.45, 7) is 5.61. The predicted molar refractivity (Wildman–Crippen MR) is 80.1 cm³/mol. The van der Waals surface area contributed by atoms with E-state index in [0.717, 1.165) is 31.7 Å². The SMILES string of the molecule is CC(C)Oc1cccc(C(=O)N2CCC(Br)CC2)c1. The summed E-state index contributed by atoms with van der Waals surface area (Å²) in [5.41, 5.74) is 0.714. The summed E-state index contributed by atoms with van der Waals surface area (Å²) in [4.78, 5) is 14.9. The van der Waals surface area contributed by atoms with E-state index in [-0.39, 0.29) is 12.0 Å². The first kappa shape index (κ1) is 14.4. The van der Waals surface area contributed by atoms with Crippen LogP contribution in [0.15, 0.2) is 24.3 Å². The maximum Gasteiger partial charge on any atom is 0.253 e. The molecule has 1 aliphatic heterocycles. The van der Waals surface area contributed by atoms with Crippen molar-refractivity contribution in [1.29, 1.82) is 0 Å². The van der Waals surface area contributed by atoms with Gasteiger partial charge in [0.25, 0.3) is 5.91 Å². The number of nitrogens with zero attached hydrogens (tertiary/aromatic N) is 1. The second-order valence-electron chi connectivity index (χ2n) is 5.16. The fraction of sp³-hybridized carbons (Fsp3) is 0.533. The molecule has 1 heterocycles. The van der Waals surface area contributed by atoms with Crippen LogP contribution in [0.2, 0.25) is 0 Å². The number of benzene rings is 1. The molecule has 0 bridgehead atoms. The Balaban J connectivity index is 2.06. The van der Waals surface area contributed by atoms with Crippen LogP contribution in [0.25, 0.3) is 0 Å². The molecule has 0 aromatic heterocycles. The van der Waals surface area contributed by atoms with Crippen LogP contribution in [0.5, 0.6) is 5.75 Å². The molecular weight excluding hydrogens is 306 g/mol. The van der Waals surface area contributed by atoms with Crippen LogP contribution in [0.3, 0.4) is 0 Å². The second-order valence-corrected chi connectivity index (χ2v) is 6.46. The molecule has 0 atom stereocenters. The van der Waals surface area contributed by atoms with E-state index in [9.17, 15) is 4.79 Å². The summed E-state index contributed by atoms with van der Waals surface area (Å²) in [6.07, 6.45) is 2.16. The first-order valence-corrected chi connectivity index (χ1v) is 7.68. The van der Waals surface area contributed by atoms with Crippen LogP contribution in [0.1, 0.15) is 37.0 Å². The normalized spacial score (nSPS) is 16.7. The number of ether oxygens (including phenoxy) is 1. The zero-order valence-corrected chi connectivity index (χ0v) is 13.0. The Morgan fingerprint density at radius 1 is 1.37 bits per heavy atom. The highest BCUT2D eigenvalue weighted by atomic mass is 79.9. The van der Waals surface area contributed by atoms with Crippen molar-refractivity contribution in [2.45, 2.75) is 37.6 Å². The molecule has 1 aliphatic rings. The van der Waals surface area contributed by atoms with Crippen molar-refractivity contribution in [3.05, 3.63) is 29.8 Å². The Hall–Kier alpha value is -1.03. The summed E-state index contributed by atoms with van der Waals surface area (Å²) in [5.74, 6) is 0.866. The molecule has 1 amide bonds. The molecule has 4 heteroatoms. The van der Waals surface area contributed by atoms with E-state index in [1.165, 1.54) is 0 Å². The van der Waals surface area contributed by atoms with Gasteiger partial charge in [0.1, 0.15) is 5.75 Å². The lowest BCUT2D eigenvalue weighted by atomic mass is 10.1. The fourth-order valence-corrected chi connectivity index (χ4v) is 2.62. The van der Waals surface area contributed by atoms with Gasteiger partial charge in [-0.2, -0.15) is 0 Å². The van der Waals surface area contributed by atoms with Gasteiger partial charge in [-0.05, 0) is 44.9 Å². The van der Waals surface area contributed by atoms with Gasteiger partial charge in [0.05, 0.1) is 6.10 Å². The van der Waals surface area contributed by atoms with Crippen LogP contribution < -0.4 is 4.74 Å². The van der Waals surface area contributed by atoms with Gasteiger partial charge >= 0.3 is 0 Å². The second kappa shape index (κ2) is 6.42. The molecule has 0 spiro atoms. The predicted octanol–water partition coefficient (Wildman–Crippen LogP) is 3.47. The van der Waals surface area contributed by atoms with Crippen LogP contribution >= 0.6 is 15.9 Å². The number of carbonyl (C=O) groups is 1. The minimum absolute atomic E-state index is 0.105. The number of alkyl halides is 1. The number of halogens is 1. The van der Waals surface area contributed by atoms with Crippen molar-refractivity contribution in [2.75, 3.05) is 13.1 Å². The standard InChI is InChI=1S/C15H20BrNO2/c1-11(2)19-14-5-3-4-12(10-14)15(18)17-8-6-13(16)7-9-17/h3-5,10-11,13H,6-9H2,1-2H3. The molecule has 2 rings (SSSR count). The Kier molecular flexibility index (Phi) is 4.86. The zero-order valence-electron chi connectivity index (χ0n) is 11.4. The van der Waals surface area contributed by atoms with Crippen molar-refractivity contribution >= 4 is 21.8 Å². The van der Waals surface area contributed by atoms with Crippen molar-refractivity contribution in [2.24, 2.45) is 0 Å². The molecule has 1 aromatic rings. The summed E-state index contributed by atoms with van der Waals surface area (Å²) in [7, 11) is 0. The monoisotopic (exact) mass is 325 g/mol. The van der Waals surface area contributed by atoms with Crippen molar-refractivity contribution in [3.8, 4) is 5.75 Å². The molecule has 1 aromatic carbocycles. The number of hydrogen-bond acceptors (Lipinski definition) is 2. The Bertz CT molecular complexity index is 440. The average Bonchev–Trinajstić information content (AvgIpc) is 2.38. The van der Waals surface area contributed by atoms with Crippen LogP contribution in [0, 0.1) is 0 Å². The number of amides is 1. The van der Waals surface area contributed by atoms with Crippen LogP contribution in [0.4, 0.5) is 0 Å². The van der Waals surface area contributed by atoms with Gasteiger partial charge < -0.3 is 9.64 Å². The van der Waals surface area contributed by atoms with Crippen molar-refractivity contribution < 1.29 is 9.53 Å². The minimum Gasteiger partial charge on any atom is -0.491 e. The third-order valence-corrected chi connectivity index (χ3v) is 4.08. The highest BCUT2D eigenvalue weighted by molar-refractivity contribution is 9.09. The van der Waals surface area contributed by atoms with E-state index >= 15 is 0 Å². The Labute approximate surface area is 123 Å². The smallest absolute Gasteiger partial charge is 0.253 e. The molecular formula is C15H20BrNO2. The highest BCUT2D eigenvalue weighted by Crippen LogP contribution is 2.21. The molecule has 0 aliphatic carbocycles. The molecule has 1 fully saturated rings.